The summed E-state index contributed by atoms with van der Waals surface area (Å²) in [6, 6.07) is -0.637. The summed E-state index contributed by atoms with van der Waals surface area (Å²) < 4.78 is 0. The highest BCUT2D eigenvalue weighted by Gasteiger charge is 2.17. The Balaban J connectivity index is 3.71. The topological polar surface area (TPSA) is 69.6 Å². The van der Waals surface area contributed by atoms with Crippen LogP contribution in [0.5, 0.6) is 0 Å². The first-order valence-corrected chi connectivity index (χ1v) is 16.7. The van der Waals surface area contributed by atoms with E-state index >= 15 is 0 Å². The van der Waals surface area contributed by atoms with Crippen molar-refractivity contribution < 1.29 is 15.0 Å². The first kappa shape index (κ1) is 37.6. The van der Waals surface area contributed by atoms with Crippen molar-refractivity contribution in [3.05, 3.63) is 36.5 Å². The largest absolute Gasteiger partial charge is 0.394 e. The number of rotatable bonds is 29. The number of nitrogens with one attached hydrogen (secondary N) is 1. The summed E-state index contributed by atoms with van der Waals surface area (Å²) in [4.78, 5) is 12.3. The zero-order chi connectivity index (χ0) is 28.7. The maximum Gasteiger partial charge on any atom is 0.220 e. The first-order chi connectivity index (χ1) is 19.2. The fraction of sp³-hybridized carbons (Fsp3) is 0.800. The lowest BCUT2D eigenvalue weighted by molar-refractivity contribution is -0.123. The molecular formula is C35H65NO3. The maximum atomic E-state index is 12.3. The second kappa shape index (κ2) is 31.1. The van der Waals surface area contributed by atoms with Crippen LogP contribution in [-0.4, -0.2) is 34.9 Å². The SMILES string of the molecule is CCCCCC/C=C\CCCCCCCCCC(=O)NC(CO)C(O)/C=C/CC/C=C/CCCCCCCC. The molecule has 39 heavy (non-hydrogen) atoms. The van der Waals surface area contributed by atoms with Crippen LogP contribution in [0.2, 0.25) is 0 Å². The van der Waals surface area contributed by atoms with E-state index in [1.165, 1.54) is 109 Å². The standard InChI is InChI=1S/C35H65NO3/c1-3-5-7-9-11-13-15-17-18-19-21-23-25-27-29-31-35(39)36-33(32-37)34(38)30-28-26-24-22-20-16-14-12-10-8-6-4-2/h13,15,20,22,28,30,33-34,37-38H,3-12,14,16-19,21,23-27,29,31-32H2,1-2H3,(H,36,39)/b15-13-,22-20+,30-28+. The number of hydrogen-bond donors (Lipinski definition) is 3. The summed E-state index contributed by atoms with van der Waals surface area (Å²) in [6.07, 6.45) is 39.3. The summed E-state index contributed by atoms with van der Waals surface area (Å²) >= 11 is 0. The molecule has 4 heteroatoms. The van der Waals surface area contributed by atoms with Crippen LogP contribution in [0.15, 0.2) is 36.5 Å². The number of allylic oxidation sites excluding steroid dienone is 5. The number of amides is 1. The Morgan fingerprint density at radius 2 is 1.00 bits per heavy atom. The molecule has 2 atom stereocenters. The average Bonchev–Trinajstić information content (AvgIpc) is 2.94. The van der Waals surface area contributed by atoms with Crippen molar-refractivity contribution in [3.8, 4) is 0 Å². The monoisotopic (exact) mass is 547 g/mol. The molecule has 0 saturated heterocycles. The van der Waals surface area contributed by atoms with Gasteiger partial charge in [-0.05, 0) is 57.8 Å². The van der Waals surface area contributed by atoms with E-state index in [1.807, 2.05) is 6.08 Å². The Hall–Kier alpha value is -1.39. The maximum absolute atomic E-state index is 12.3. The zero-order valence-electron chi connectivity index (χ0n) is 25.9. The van der Waals surface area contributed by atoms with Gasteiger partial charge in [0.1, 0.15) is 0 Å². The highest BCUT2D eigenvalue weighted by Crippen LogP contribution is 2.11. The van der Waals surface area contributed by atoms with Crippen molar-refractivity contribution in [2.24, 2.45) is 0 Å². The van der Waals surface area contributed by atoms with Crippen molar-refractivity contribution in [1.82, 2.24) is 5.32 Å². The molecule has 0 radical (unpaired) electrons. The van der Waals surface area contributed by atoms with Crippen molar-refractivity contribution in [2.75, 3.05) is 6.61 Å². The van der Waals surface area contributed by atoms with Gasteiger partial charge in [-0.1, -0.05) is 134 Å². The van der Waals surface area contributed by atoms with E-state index in [4.69, 9.17) is 0 Å². The van der Waals surface area contributed by atoms with E-state index < -0.39 is 12.1 Å². The van der Waals surface area contributed by atoms with E-state index in [0.29, 0.717) is 6.42 Å². The van der Waals surface area contributed by atoms with Gasteiger partial charge in [0.25, 0.3) is 0 Å². The van der Waals surface area contributed by atoms with Gasteiger partial charge in [0, 0.05) is 6.42 Å². The Labute approximate surface area is 242 Å². The summed E-state index contributed by atoms with van der Waals surface area (Å²) in [5.74, 6) is -0.0828. The fourth-order valence-electron chi connectivity index (χ4n) is 4.71. The van der Waals surface area contributed by atoms with Crippen LogP contribution in [0, 0.1) is 0 Å². The number of carbonyl (C=O) groups is 1. The third-order valence-electron chi connectivity index (χ3n) is 7.35. The van der Waals surface area contributed by atoms with E-state index in [9.17, 15) is 15.0 Å². The Morgan fingerprint density at radius 3 is 1.51 bits per heavy atom. The lowest BCUT2D eigenvalue weighted by atomic mass is 10.1. The molecule has 0 spiro atoms. The molecule has 0 bridgehead atoms. The van der Waals surface area contributed by atoms with Gasteiger partial charge in [-0.15, -0.1) is 0 Å². The number of aliphatic hydroxyl groups is 2. The van der Waals surface area contributed by atoms with E-state index in [0.717, 1.165) is 32.1 Å². The molecule has 0 aliphatic rings. The zero-order valence-corrected chi connectivity index (χ0v) is 25.9. The lowest BCUT2D eigenvalue weighted by Gasteiger charge is -2.19. The first-order valence-electron chi connectivity index (χ1n) is 16.7. The minimum absolute atomic E-state index is 0.0828. The molecule has 0 rings (SSSR count). The van der Waals surface area contributed by atoms with Gasteiger partial charge in [-0.3, -0.25) is 4.79 Å². The molecule has 4 nitrogen and oxygen atoms in total. The van der Waals surface area contributed by atoms with Gasteiger partial charge in [-0.2, -0.15) is 0 Å². The summed E-state index contributed by atoms with van der Waals surface area (Å²) in [6.45, 7) is 4.24. The number of carbonyl (C=O) groups excluding carboxylic acids is 1. The minimum Gasteiger partial charge on any atom is -0.394 e. The van der Waals surface area contributed by atoms with E-state index in [1.54, 1.807) is 6.08 Å². The Morgan fingerprint density at radius 1 is 0.590 bits per heavy atom. The van der Waals surface area contributed by atoms with Crippen molar-refractivity contribution >= 4 is 5.91 Å². The molecule has 0 saturated carbocycles. The molecule has 0 fully saturated rings. The normalized spacial score (nSPS) is 13.6. The van der Waals surface area contributed by atoms with Crippen LogP contribution in [0.3, 0.4) is 0 Å². The fourth-order valence-corrected chi connectivity index (χ4v) is 4.71. The van der Waals surface area contributed by atoms with Crippen LogP contribution in [0.4, 0.5) is 0 Å². The van der Waals surface area contributed by atoms with Crippen molar-refractivity contribution in [3.63, 3.8) is 0 Å². The molecule has 0 aromatic rings. The highest BCUT2D eigenvalue weighted by molar-refractivity contribution is 5.76. The number of unbranched alkanes of at least 4 members (excludes halogenated alkanes) is 18. The molecule has 0 heterocycles. The molecule has 228 valence electrons. The van der Waals surface area contributed by atoms with Gasteiger partial charge < -0.3 is 15.5 Å². The lowest BCUT2D eigenvalue weighted by Crippen LogP contribution is -2.45. The molecular weight excluding hydrogens is 482 g/mol. The third-order valence-corrected chi connectivity index (χ3v) is 7.35. The van der Waals surface area contributed by atoms with E-state index in [2.05, 4.69) is 43.5 Å². The molecule has 2 unspecified atom stereocenters. The van der Waals surface area contributed by atoms with Crippen LogP contribution < -0.4 is 5.32 Å². The quantitative estimate of drug-likeness (QED) is 0.0645. The second-order valence-corrected chi connectivity index (χ2v) is 11.2. The van der Waals surface area contributed by atoms with Crippen LogP contribution in [-0.2, 0) is 4.79 Å². The molecule has 1 amide bonds. The average molecular weight is 548 g/mol. The smallest absolute Gasteiger partial charge is 0.220 e. The van der Waals surface area contributed by atoms with E-state index in [-0.39, 0.29) is 12.5 Å². The predicted octanol–water partition coefficient (Wildman–Crippen LogP) is 9.51. The number of aliphatic hydroxyl groups excluding tert-OH is 2. The van der Waals surface area contributed by atoms with Gasteiger partial charge in [0.2, 0.25) is 5.91 Å². The Kier molecular flexibility index (Phi) is 30.0. The second-order valence-electron chi connectivity index (χ2n) is 11.2. The van der Waals surface area contributed by atoms with Crippen LogP contribution >= 0.6 is 0 Å². The molecule has 0 aromatic carbocycles. The predicted molar refractivity (Wildman–Crippen MR) is 170 cm³/mol. The molecule has 3 N–H and O–H groups in total. The summed E-state index contributed by atoms with van der Waals surface area (Å²) in [5.41, 5.74) is 0. The third kappa shape index (κ3) is 28.0. The summed E-state index contributed by atoms with van der Waals surface area (Å²) in [5, 5.41) is 22.8. The van der Waals surface area contributed by atoms with Crippen molar-refractivity contribution in [1.29, 1.82) is 0 Å². The van der Waals surface area contributed by atoms with Crippen LogP contribution in [0.1, 0.15) is 162 Å². The van der Waals surface area contributed by atoms with Crippen molar-refractivity contribution in [2.45, 2.75) is 174 Å². The van der Waals surface area contributed by atoms with Gasteiger partial charge in [-0.25, -0.2) is 0 Å². The van der Waals surface area contributed by atoms with Crippen LogP contribution in [0.25, 0.3) is 0 Å². The highest BCUT2D eigenvalue weighted by atomic mass is 16.3. The number of hydrogen-bond acceptors (Lipinski definition) is 3. The molecule has 0 aliphatic heterocycles. The summed E-state index contributed by atoms with van der Waals surface area (Å²) in [7, 11) is 0. The molecule has 0 aromatic heterocycles. The van der Waals surface area contributed by atoms with Gasteiger partial charge >= 0.3 is 0 Å². The Bertz CT molecular complexity index is 599. The van der Waals surface area contributed by atoms with Gasteiger partial charge in [0.15, 0.2) is 0 Å². The van der Waals surface area contributed by atoms with Gasteiger partial charge in [0.05, 0.1) is 18.8 Å². The molecule has 0 aliphatic carbocycles. The minimum atomic E-state index is -0.859.